The molecule has 0 heterocycles. The third-order valence-corrected chi connectivity index (χ3v) is 22.0. The van der Waals surface area contributed by atoms with E-state index >= 15 is 0 Å². The number of hydrogen-bond acceptors (Lipinski definition) is 15. The van der Waals surface area contributed by atoms with Crippen molar-refractivity contribution in [2.45, 2.75) is 471 Å². The molecule has 0 rings (SSSR count). The fourth-order valence-electron chi connectivity index (χ4n) is 13.4. The molecule has 105 heavy (non-hydrogen) atoms. The number of phosphoric acid groups is 2. The second-order valence-corrected chi connectivity index (χ2v) is 35.3. The number of esters is 4. The fourth-order valence-corrected chi connectivity index (χ4v) is 14.9. The number of aliphatic hydroxyl groups is 1. The van der Waals surface area contributed by atoms with Crippen LogP contribution in [0, 0.1) is 17.8 Å². The molecule has 17 nitrogen and oxygen atoms in total. The zero-order chi connectivity index (χ0) is 77.2. The Labute approximate surface area is 645 Å². The molecule has 0 fully saturated rings. The minimum absolute atomic E-state index is 0.107. The second kappa shape index (κ2) is 76.1. The van der Waals surface area contributed by atoms with E-state index in [1.54, 1.807) is 0 Å². The van der Waals surface area contributed by atoms with E-state index in [2.05, 4.69) is 48.5 Å². The first-order valence-electron chi connectivity index (χ1n) is 44.3. The first-order chi connectivity index (χ1) is 50.7. The number of hydrogen-bond donors (Lipinski definition) is 3. The Morgan fingerprint density at radius 3 is 0.648 bits per heavy atom. The number of ether oxygens (including phenoxy) is 4. The van der Waals surface area contributed by atoms with E-state index in [1.807, 2.05) is 0 Å². The van der Waals surface area contributed by atoms with Crippen molar-refractivity contribution in [3.05, 3.63) is 0 Å². The normalized spacial score (nSPS) is 13.9. The van der Waals surface area contributed by atoms with Crippen molar-refractivity contribution in [1.29, 1.82) is 0 Å². The van der Waals surface area contributed by atoms with Crippen molar-refractivity contribution >= 4 is 39.5 Å². The van der Waals surface area contributed by atoms with Gasteiger partial charge in [0.1, 0.15) is 19.3 Å². The largest absolute Gasteiger partial charge is 0.472 e. The van der Waals surface area contributed by atoms with Gasteiger partial charge in [0.25, 0.3) is 0 Å². The molecule has 3 N–H and O–H groups in total. The lowest BCUT2D eigenvalue weighted by Gasteiger charge is -2.21. The monoisotopic (exact) mass is 1540 g/mol. The summed E-state index contributed by atoms with van der Waals surface area (Å²) in [5, 5.41) is 10.7. The summed E-state index contributed by atoms with van der Waals surface area (Å²) in [5.41, 5.74) is 0. The van der Waals surface area contributed by atoms with Crippen molar-refractivity contribution < 1.29 is 80.2 Å². The highest BCUT2D eigenvalue weighted by atomic mass is 31.2. The van der Waals surface area contributed by atoms with Gasteiger partial charge in [-0.2, -0.15) is 0 Å². The zero-order valence-electron chi connectivity index (χ0n) is 69.2. The summed E-state index contributed by atoms with van der Waals surface area (Å²) in [5.74, 6) is 0.282. The average molecular weight is 1540 g/mol. The Hall–Kier alpha value is -1.94. The van der Waals surface area contributed by atoms with Crippen LogP contribution in [0.15, 0.2) is 0 Å². The van der Waals surface area contributed by atoms with Crippen molar-refractivity contribution in [1.82, 2.24) is 0 Å². The van der Waals surface area contributed by atoms with Gasteiger partial charge in [-0.05, 0) is 43.4 Å². The minimum atomic E-state index is -4.97. The van der Waals surface area contributed by atoms with E-state index < -0.39 is 97.5 Å². The highest BCUT2D eigenvalue weighted by molar-refractivity contribution is 7.47. The molecule has 0 aliphatic rings. The molecule has 0 saturated heterocycles. The summed E-state index contributed by atoms with van der Waals surface area (Å²) in [6, 6.07) is 0. The molecule has 0 spiro atoms. The predicted molar refractivity (Wildman–Crippen MR) is 432 cm³/mol. The molecule has 0 aromatic heterocycles. The smallest absolute Gasteiger partial charge is 0.462 e. The van der Waals surface area contributed by atoms with Crippen LogP contribution in [0.1, 0.15) is 453 Å². The van der Waals surface area contributed by atoms with Crippen LogP contribution in [-0.4, -0.2) is 96.7 Å². The van der Waals surface area contributed by atoms with Crippen LogP contribution >= 0.6 is 15.6 Å². The van der Waals surface area contributed by atoms with Gasteiger partial charge in [0.15, 0.2) is 12.2 Å². The molecular formula is C86H168O17P2. The maximum atomic E-state index is 13.1. The SMILES string of the molecule is CCCCCCCCCCCCCCCC(=O)OC[C@H](COP(=O)(O)OC[C@H](O)COP(=O)(O)OC[C@@H](COC(=O)CCCCCCCCCCCCCCCCC(C)C)OC(=O)CCCCCCCCCCCCCCCCCCCCC(C)C)OC(=O)CCCCCCCCCCCCCC(C)C. The lowest BCUT2D eigenvalue weighted by molar-refractivity contribution is -0.161. The topological polar surface area (TPSA) is 237 Å². The average Bonchev–Trinajstić information content (AvgIpc) is 0.908. The van der Waals surface area contributed by atoms with Gasteiger partial charge in [-0.25, -0.2) is 9.13 Å². The molecule has 0 aromatic rings. The zero-order valence-corrected chi connectivity index (χ0v) is 71.0. The Kier molecular flexibility index (Phi) is 74.7. The van der Waals surface area contributed by atoms with Crippen LogP contribution in [0.3, 0.4) is 0 Å². The number of carbonyl (C=O) groups excluding carboxylic acids is 4. The highest BCUT2D eigenvalue weighted by Crippen LogP contribution is 2.45. The Bertz CT molecular complexity index is 2030. The van der Waals surface area contributed by atoms with Gasteiger partial charge < -0.3 is 33.8 Å². The van der Waals surface area contributed by atoms with E-state index in [0.29, 0.717) is 25.7 Å². The van der Waals surface area contributed by atoms with Crippen LogP contribution in [0.4, 0.5) is 0 Å². The Morgan fingerprint density at radius 2 is 0.438 bits per heavy atom. The van der Waals surface area contributed by atoms with Gasteiger partial charge in [-0.15, -0.1) is 0 Å². The summed E-state index contributed by atoms with van der Waals surface area (Å²) in [6.07, 6.45) is 66.5. The molecule has 5 atom stereocenters. The fraction of sp³-hybridized carbons (Fsp3) is 0.953. The molecule has 2 unspecified atom stereocenters. The lowest BCUT2D eigenvalue weighted by Crippen LogP contribution is -2.30. The first-order valence-corrected chi connectivity index (χ1v) is 47.3. The van der Waals surface area contributed by atoms with Crippen LogP contribution < -0.4 is 0 Å². The molecule has 0 aromatic carbocycles. The van der Waals surface area contributed by atoms with Crippen LogP contribution in [0.2, 0.25) is 0 Å². The van der Waals surface area contributed by atoms with Gasteiger partial charge in [0, 0.05) is 25.7 Å². The van der Waals surface area contributed by atoms with Gasteiger partial charge in [0.05, 0.1) is 26.4 Å². The van der Waals surface area contributed by atoms with Crippen molar-refractivity contribution in [2.75, 3.05) is 39.6 Å². The molecule has 0 bridgehead atoms. The maximum absolute atomic E-state index is 13.1. The molecule has 0 aliphatic carbocycles. The number of rotatable bonds is 84. The Balaban J connectivity index is 5.25. The van der Waals surface area contributed by atoms with Crippen molar-refractivity contribution in [3.8, 4) is 0 Å². The summed E-state index contributed by atoms with van der Waals surface area (Å²) < 4.78 is 68.9. The lowest BCUT2D eigenvalue weighted by atomic mass is 10.0. The molecule has 0 radical (unpaired) electrons. The minimum Gasteiger partial charge on any atom is -0.462 e. The second-order valence-electron chi connectivity index (χ2n) is 32.4. The van der Waals surface area contributed by atoms with E-state index in [9.17, 15) is 43.2 Å². The Morgan fingerprint density at radius 1 is 0.257 bits per heavy atom. The highest BCUT2D eigenvalue weighted by Gasteiger charge is 2.30. The van der Waals surface area contributed by atoms with Crippen LogP contribution in [0.25, 0.3) is 0 Å². The molecule has 0 amide bonds. The van der Waals surface area contributed by atoms with Crippen molar-refractivity contribution in [3.63, 3.8) is 0 Å². The van der Waals surface area contributed by atoms with E-state index in [4.69, 9.17) is 37.0 Å². The molecule has 0 aliphatic heterocycles. The molecular weight excluding hydrogens is 1370 g/mol. The summed E-state index contributed by atoms with van der Waals surface area (Å²) in [7, 11) is -9.93. The number of unbranched alkanes of at least 4 members (excludes halogenated alkanes) is 52. The number of phosphoric ester groups is 2. The van der Waals surface area contributed by atoms with Gasteiger partial charge in [-0.1, -0.05) is 402 Å². The third kappa shape index (κ3) is 79.9. The first kappa shape index (κ1) is 103. The van der Waals surface area contributed by atoms with Gasteiger partial charge in [0.2, 0.25) is 0 Å². The van der Waals surface area contributed by atoms with E-state index in [0.717, 1.165) is 108 Å². The molecule has 0 saturated carbocycles. The standard InChI is InChI=1S/C86H168O17P2/c1-8-9-10-11-12-13-14-23-32-39-46-53-60-67-83(88)96-74-82(103-86(91)70-63-56-49-42-35-28-31-38-45-52-59-66-79(6)7)76-101-105(94,95)99-72-80(87)71-98-104(92,93)100-75-81(73-97-84(89)68-61-54-47-40-33-26-22-21-25-30-37-44-51-58-65-78(4)5)102-85(90)69-62-55-48-41-34-27-20-18-16-15-17-19-24-29-36-43-50-57-64-77(2)3/h77-82,87H,8-76H2,1-7H3,(H,92,93)(H,94,95)/t80-,81-,82-/m1/s1. The molecule has 19 heteroatoms. The molecule has 624 valence electrons. The van der Waals surface area contributed by atoms with Gasteiger partial charge >= 0.3 is 39.5 Å². The number of carbonyl (C=O) groups is 4. The van der Waals surface area contributed by atoms with Crippen molar-refractivity contribution in [2.24, 2.45) is 17.8 Å². The third-order valence-electron chi connectivity index (χ3n) is 20.1. The summed E-state index contributed by atoms with van der Waals surface area (Å²) >= 11 is 0. The summed E-state index contributed by atoms with van der Waals surface area (Å²) in [6.45, 7) is 12.0. The van der Waals surface area contributed by atoms with E-state index in [1.165, 1.54) is 263 Å². The van der Waals surface area contributed by atoms with Crippen LogP contribution in [0.5, 0.6) is 0 Å². The van der Waals surface area contributed by atoms with Crippen LogP contribution in [-0.2, 0) is 65.4 Å². The van der Waals surface area contributed by atoms with E-state index in [-0.39, 0.29) is 25.7 Å². The quantitative estimate of drug-likeness (QED) is 0.0222. The maximum Gasteiger partial charge on any atom is 0.472 e. The summed E-state index contributed by atoms with van der Waals surface area (Å²) in [4.78, 5) is 73.3. The van der Waals surface area contributed by atoms with Gasteiger partial charge in [-0.3, -0.25) is 37.3 Å². The predicted octanol–water partition coefficient (Wildman–Crippen LogP) is 26.1. The number of aliphatic hydroxyl groups excluding tert-OH is 1.